The van der Waals surface area contributed by atoms with Gasteiger partial charge in [-0.15, -0.1) is 5.11 Å². The topological polar surface area (TPSA) is 71.1 Å². The lowest BCUT2D eigenvalue weighted by Crippen LogP contribution is -2.10. The highest BCUT2D eigenvalue weighted by Gasteiger charge is 2.16. The number of rotatable bonds is 5. The molecule has 0 amide bonds. The maximum Gasteiger partial charge on any atom is 0.270 e. The predicted molar refractivity (Wildman–Crippen MR) is 103 cm³/mol. The van der Waals surface area contributed by atoms with Crippen molar-refractivity contribution >= 4 is 22.7 Å². The van der Waals surface area contributed by atoms with Crippen molar-refractivity contribution in [3.05, 3.63) is 82.9 Å². The van der Waals surface area contributed by atoms with E-state index in [1.54, 1.807) is 12.1 Å². The summed E-state index contributed by atoms with van der Waals surface area (Å²) in [5, 5.41) is 19.8. The lowest BCUT2D eigenvalue weighted by atomic mass is 10.0. The van der Waals surface area contributed by atoms with E-state index < -0.39 is 4.92 Å². The minimum Gasteiger partial charge on any atom is -0.377 e. The molecule has 0 aliphatic heterocycles. The maximum absolute atomic E-state index is 11.2. The Labute approximate surface area is 151 Å². The van der Waals surface area contributed by atoms with E-state index in [0.29, 0.717) is 5.69 Å². The first-order chi connectivity index (χ1) is 12.6. The molecule has 6 heteroatoms. The van der Waals surface area contributed by atoms with E-state index in [0.717, 1.165) is 22.5 Å². The number of benzene rings is 3. The monoisotopic (exact) mass is 346 g/mol. The van der Waals surface area contributed by atoms with Crippen molar-refractivity contribution in [2.45, 2.75) is 0 Å². The van der Waals surface area contributed by atoms with Crippen LogP contribution in [0.1, 0.15) is 0 Å². The molecular weight excluding hydrogens is 328 g/mol. The summed E-state index contributed by atoms with van der Waals surface area (Å²) in [6, 6.07) is 21.8. The van der Waals surface area contributed by atoms with Gasteiger partial charge in [0.1, 0.15) is 0 Å². The van der Waals surface area contributed by atoms with E-state index in [1.807, 2.05) is 73.6 Å². The molecule has 3 rings (SSSR count). The predicted octanol–water partition coefficient (Wildman–Crippen LogP) is 5.74. The van der Waals surface area contributed by atoms with Crippen LogP contribution in [-0.4, -0.2) is 19.0 Å². The van der Waals surface area contributed by atoms with Crippen molar-refractivity contribution in [3.8, 4) is 11.1 Å². The fraction of sp³-hybridized carbons (Fsp3) is 0.100. The van der Waals surface area contributed by atoms with Gasteiger partial charge in [-0.3, -0.25) is 10.1 Å². The molecule has 0 fully saturated rings. The number of nitro groups is 1. The minimum atomic E-state index is -0.392. The number of hydrogen-bond acceptors (Lipinski definition) is 5. The number of anilines is 1. The largest absolute Gasteiger partial charge is 0.377 e. The van der Waals surface area contributed by atoms with Crippen LogP contribution in [0.25, 0.3) is 11.1 Å². The second kappa shape index (κ2) is 7.57. The van der Waals surface area contributed by atoms with Gasteiger partial charge in [-0.05, 0) is 24.3 Å². The Morgan fingerprint density at radius 1 is 0.846 bits per heavy atom. The smallest absolute Gasteiger partial charge is 0.270 e. The Balaban J connectivity index is 2.11. The van der Waals surface area contributed by atoms with Crippen LogP contribution in [0.15, 0.2) is 83.0 Å². The summed E-state index contributed by atoms with van der Waals surface area (Å²) in [6.45, 7) is 0. The van der Waals surface area contributed by atoms with Crippen LogP contribution >= 0.6 is 0 Å². The van der Waals surface area contributed by atoms with Crippen molar-refractivity contribution in [2.24, 2.45) is 10.2 Å². The third kappa shape index (κ3) is 3.75. The molecule has 0 spiro atoms. The van der Waals surface area contributed by atoms with Gasteiger partial charge in [0.15, 0.2) is 0 Å². The average molecular weight is 346 g/mol. The van der Waals surface area contributed by atoms with Crippen LogP contribution in [0.3, 0.4) is 0 Å². The van der Waals surface area contributed by atoms with Crippen LogP contribution in [-0.2, 0) is 0 Å². The molecule has 3 aromatic carbocycles. The fourth-order valence-electron chi connectivity index (χ4n) is 2.64. The first-order valence-electron chi connectivity index (χ1n) is 8.08. The van der Waals surface area contributed by atoms with Crippen LogP contribution in [0, 0.1) is 10.1 Å². The SMILES string of the molecule is CN(C)c1ccc([N+](=O)[O-])cc1-c1ccccc1N=Nc1ccccc1. The van der Waals surface area contributed by atoms with Crippen LogP contribution in [0.4, 0.5) is 22.7 Å². The second-order valence-corrected chi connectivity index (χ2v) is 5.91. The second-order valence-electron chi connectivity index (χ2n) is 5.91. The quantitative estimate of drug-likeness (QED) is 0.336. The fourth-order valence-corrected chi connectivity index (χ4v) is 2.64. The third-order valence-corrected chi connectivity index (χ3v) is 3.90. The Bertz CT molecular complexity index is 953. The summed E-state index contributed by atoms with van der Waals surface area (Å²) in [5.41, 5.74) is 3.85. The van der Waals surface area contributed by atoms with Gasteiger partial charge in [-0.25, -0.2) is 0 Å². The summed E-state index contributed by atoms with van der Waals surface area (Å²) in [4.78, 5) is 12.7. The van der Waals surface area contributed by atoms with E-state index in [1.165, 1.54) is 6.07 Å². The Kier molecular flexibility index (Phi) is 5.03. The lowest BCUT2D eigenvalue weighted by Gasteiger charge is -2.18. The Hall–Kier alpha value is -3.54. The maximum atomic E-state index is 11.2. The highest BCUT2D eigenvalue weighted by Crippen LogP contribution is 2.38. The molecule has 0 N–H and O–H groups in total. The molecule has 0 atom stereocenters. The molecule has 130 valence electrons. The van der Waals surface area contributed by atoms with E-state index in [4.69, 9.17) is 0 Å². The molecule has 6 nitrogen and oxygen atoms in total. The normalized spacial score (nSPS) is 10.8. The zero-order valence-electron chi connectivity index (χ0n) is 14.5. The highest BCUT2D eigenvalue weighted by molar-refractivity contribution is 5.86. The summed E-state index contributed by atoms with van der Waals surface area (Å²) < 4.78 is 0. The molecule has 0 saturated heterocycles. The van der Waals surface area contributed by atoms with Crippen LogP contribution in [0.2, 0.25) is 0 Å². The molecule has 0 radical (unpaired) electrons. The first-order valence-corrected chi connectivity index (χ1v) is 8.08. The highest BCUT2D eigenvalue weighted by atomic mass is 16.6. The zero-order valence-corrected chi connectivity index (χ0v) is 14.5. The first kappa shape index (κ1) is 17.3. The third-order valence-electron chi connectivity index (χ3n) is 3.90. The van der Waals surface area contributed by atoms with Gasteiger partial charge in [0.25, 0.3) is 5.69 Å². The van der Waals surface area contributed by atoms with Crippen molar-refractivity contribution in [1.82, 2.24) is 0 Å². The van der Waals surface area contributed by atoms with E-state index in [9.17, 15) is 10.1 Å². The summed E-state index contributed by atoms with van der Waals surface area (Å²) >= 11 is 0. The van der Waals surface area contributed by atoms with E-state index in [-0.39, 0.29) is 5.69 Å². The molecule has 0 heterocycles. The molecule has 3 aromatic rings. The van der Waals surface area contributed by atoms with Gasteiger partial charge >= 0.3 is 0 Å². The summed E-state index contributed by atoms with van der Waals surface area (Å²) in [6.07, 6.45) is 0. The standard InChI is InChI=1S/C20H18N4O2/c1-23(2)20-13-12-16(24(25)26)14-18(20)17-10-6-7-11-19(17)22-21-15-8-4-3-5-9-15/h3-14H,1-2H3. The molecule has 0 saturated carbocycles. The molecule has 0 aromatic heterocycles. The number of hydrogen-bond donors (Lipinski definition) is 0. The summed E-state index contributed by atoms with van der Waals surface area (Å²) in [7, 11) is 3.80. The molecule has 0 aliphatic carbocycles. The lowest BCUT2D eigenvalue weighted by molar-refractivity contribution is -0.384. The number of non-ortho nitro benzene ring substituents is 1. The van der Waals surface area contributed by atoms with Crippen molar-refractivity contribution in [3.63, 3.8) is 0 Å². The Morgan fingerprint density at radius 3 is 2.23 bits per heavy atom. The van der Waals surface area contributed by atoms with Gasteiger partial charge in [0, 0.05) is 43.0 Å². The number of nitro benzene ring substituents is 1. The molecule has 0 aliphatic rings. The minimum absolute atomic E-state index is 0.0420. The van der Waals surface area contributed by atoms with Crippen LogP contribution in [0.5, 0.6) is 0 Å². The van der Waals surface area contributed by atoms with Crippen molar-refractivity contribution in [2.75, 3.05) is 19.0 Å². The average Bonchev–Trinajstić information content (AvgIpc) is 2.67. The zero-order chi connectivity index (χ0) is 18.5. The molecule has 0 unspecified atom stereocenters. The van der Waals surface area contributed by atoms with Gasteiger partial charge in [-0.2, -0.15) is 5.11 Å². The van der Waals surface area contributed by atoms with Gasteiger partial charge in [0.05, 0.1) is 16.3 Å². The Morgan fingerprint density at radius 2 is 1.54 bits per heavy atom. The number of azo groups is 1. The van der Waals surface area contributed by atoms with Gasteiger partial charge < -0.3 is 4.90 Å². The van der Waals surface area contributed by atoms with E-state index >= 15 is 0 Å². The van der Waals surface area contributed by atoms with E-state index in [2.05, 4.69) is 10.2 Å². The van der Waals surface area contributed by atoms with Crippen molar-refractivity contribution in [1.29, 1.82) is 0 Å². The van der Waals surface area contributed by atoms with Gasteiger partial charge in [0.2, 0.25) is 0 Å². The molecule has 0 bridgehead atoms. The van der Waals surface area contributed by atoms with Gasteiger partial charge in [-0.1, -0.05) is 36.4 Å². The number of nitrogens with zero attached hydrogens (tertiary/aromatic N) is 4. The molecule has 26 heavy (non-hydrogen) atoms. The van der Waals surface area contributed by atoms with Crippen LogP contribution < -0.4 is 4.90 Å². The van der Waals surface area contributed by atoms with Crippen molar-refractivity contribution < 1.29 is 4.92 Å². The molecular formula is C20H18N4O2. The summed E-state index contributed by atoms with van der Waals surface area (Å²) in [5.74, 6) is 0.